The molecule has 8 heteroatoms. The van der Waals surface area contributed by atoms with E-state index in [2.05, 4.69) is 25.1 Å². The van der Waals surface area contributed by atoms with Crippen LogP contribution in [0.25, 0.3) is 10.9 Å². The van der Waals surface area contributed by atoms with Crippen LogP contribution in [0.3, 0.4) is 0 Å². The smallest absolute Gasteiger partial charge is 0.225 e. The van der Waals surface area contributed by atoms with Gasteiger partial charge in [0.25, 0.3) is 0 Å². The first kappa shape index (κ1) is 19.2. The highest BCUT2D eigenvalue weighted by molar-refractivity contribution is 5.90. The second kappa shape index (κ2) is 8.53. The van der Waals surface area contributed by atoms with Crippen LogP contribution in [-0.2, 0) is 6.54 Å². The van der Waals surface area contributed by atoms with Gasteiger partial charge in [-0.05, 0) is 30.3 Å². The molecular weight excluding hydrogens is 390 g/mol. The van der Waals surface area contributed by atoms with Crippen LogP contribution in [0.15, 0.2) is 67.0 Å². The first-order valence-corrected chi connectivity index (χ1v) is 10.3. The molecule has 31 heavy (non-hydrogen) atoms. The monoisotopic (exact) mass is 413 g/mol. The van der Waals surface area contributed by atoms with Crippen molar-refractivity contribution in [2.75, 3.05) is 36.4 Å². The van der Waals surface area contributed by atoms with Crippen molar-refractivity contribution in [2.24, 2.45) is 0 Å². The summed E-state index contributed by atoms with van der Waals surface area (Å²) < 4.78 is 0. The number of phenols is 1. The lowest BCUT2D eigenvalue weighted by Crippen LogP contribution is -2.46. The minimum Gasteiger partial charge on any atom is -0.508 e. The molecule has 0 amide bonds. The molecule has 0 saturated carbocycles. The van der Waals surface area contributed by atoms with Crippen molar-refractivity contribution in [3.05, 3.63) is 72.8 Å². The molecule has 2 aromatic carbocycles. The van der Waals surface area contributed by atoms with Crippen molar-refractivity contribution in [3.63, 3.8) is 0 Å². The first-order valence-electron chi connectivity index (χ1n) is 10.3. The second-order valence-electron chi connectivity index (χ2n) is 7.49. The largest absolute Gasteiger partial charge is 0.508 e. The average Bonchev–Trinajstić information content (AvgIpc) is 2.80. The highest BCUT2D eigenvalue weighted by Gasteiger charge is 2.20. The molecular formula is C23H23N7O. The number of aromatic hydroxyl groups is 1. The highest BCUT2D eigenvalue weighted by Crippen LogP contribution is 2.26. The van der Waals surface area contributed by atoms with Gasteiger partial charge in [-0.15, -0.1) is 0 Å². The van der Waals surface area contributed by atoms with Gasteiger partial charge >= 0.3 is 0 Å². The van der Waals surface area contributed by atoms with Crippen LogP contribution in [0.4, 0.5) is 17.5 Å². The Balaban J connectivity index is 1.34. The maximum absolute atomic E-state index is 9.79. The fourth-order valence-corrected chi connectivity index (χ4v) is 3.77. The molecule has 0 bridgehead atoms. The summed E-state index contributed by atoms with van der Waals surface area (Å²) in [7, 11) is 0. The molecule has 1 aliphatic heterocycles. The number of phenolic OH excluding ortho intramolecular Hbond substituents is 1. The third-order valence-corrected chi connectivity index (χ3v) is 5.33. The summed E-state index contributed by atoms with van der Waals surface area (Å²) in [4.78, 5) is 22.8. The van der Waals surface area contributed by atoms with E-state index in [1.807, 2.05) is 36.4 Å². The summed E-state index contributed by atoms with van der Waals surface area (Å²) in [5, 5.41) is 14.1. The Morgan fingerprint density at radius 3 is 2.48 bits per heavy atom. The lowest BCUT2D eigenvalue weighted by molar-refractivity contribution is 0.243. The maximum atomic E-state index is 9.79. The molecule has 1 fully saturated rings. The zero-order chi connectivity index (χ0) is 21.0. The van der Waals surface area contributed by atoms with E-state index >= 15 is 0 Å². The van der Waals surface area contributed by atoms with Crippen molar-refractivity contribution in [1.82, 2.24) is 24.8 Å². The summed E-state index contributed by atoms with van der Waals surface area (Å²) in [5.74, 6) is 2.50. The van der Waals surface area contributed by atoms with E-state index < -0.39 is 0 Å². The molecule has 1 saturated heterocycles. The number of aromatic nitrogens is 4. The molecule has 5 rings (SSSR count). The summed E-state index contributed by atoms with van der Waals surface area (Å²) in [6.45, 7) is 4.19. The van der Waals surface area contributed by atoms with E-state index in [1.165, 1.54) is 0 Å². The lowest BCUT2D eigenvalue weighted by Gasteiger charge is -2.34. The fraction of sp³-hybridized carbons (Fsp3) is 0.217. The number of rotatable bonds is 5. The molecule has 3 heterocycles. The molecule has 4 aromatic rings. The molecule has 0 atom stereocenters. The van der Waals surface area contributed by atoms with E-state index in [0.29, 0.717) is 6.54 Å². The van der Waals surface area contributed by atoms with Crippen molar-refractivity contribution in [3.8, 4) is 5.75 Å². The molecule has 0 unspecified atom stereocenters. The Labute approximate surface area is 180 Å². The highest BCUT2D eigenvalue weighted by atomic mass is 16.3. The quantitative estimate of drug-likeness (QED) is 0.516. The molecule has 8 nitrogen and oxygen atoms in total. The summed E-state index contributed by atoms with van der Waals surface area (Å²) in [6, 6.07) is 16.8. The van der Waals surface area contributed by atoms with Crippen LogP contribution in [0, 0.1) is 0 Å². The topological polar surface area (TPSA) is 90.3 Å². The molecule has 0 spiro atoms. The average molecular weight is 413 g/mol. The number of nitrogens with zero attached hydrogens (tertiary/aromatic N) is 6. The van der Waals surface area contributed by atoms with Crippen LogP contribution >= 0.6 is 0 Å². The molecule has 156 valence electrons. The van der Waals surface area contributed by atoms with Crippen molar-refractivity contribution in [2.45, 2.75) is 6.54 Å². The predicted molar refractivity (Wildman–Crippen MR) is 120 cm³/mol. The van der Waals surface area contributed by atoms with Gasteiger partial charge in [0.05, 0.1) is 12.1 Å². The third-order valence-electron chi connectivity index (χ3n) is 5.33. The van der Waals surface area contributed by atoms with E-state index in [1.54, 1.807) is 30.6 Å². The first-order chi connectivity index (χ1) is 15.2. The standard InChI is InChI=1S/C23H23N7O/c31-18-6-3-5-17(15-18)26-22-19-7-1-2-8-20(19)27-21(28-22)16-29-11-13-30(14-12-29)23-24-9-4-10-25-23/h1-10,15,31H,11-14,16H2,(H,26,27,28). The summed E-state index contributed by atoms with van der Waals surface area (Å²) >= 11 is 0. The number of hydrogen-bond acceptors (Lipinski definition) is 8. The number of hydrogen-bond donors (Lipinski definition) is 2. The van der Waals surface area contributed by atoms with E-state index in [-0.39, 0.29) is 5.75 Å². The van der Waals surface area contributed by atoms with Crippen molar-refractivity contribution >= 4 is 28.4 Å². The van der Waals surface area contributed by atoms with Crippen molar-refractivity contribution < 1.29 is 5.11 Å². The van der Waals surface area contributed by atoms with Gasteiger partial charge in [-0.1, -0.05) is 18.2 Å². The third kappa shape index (κ3) is 4.39. The Morgan fingerprint density at radius 2 is 1.68 bits per heavy atom. The molecule has 2 aromatic heterocycles. The Hall–Kier alpha value is -3.78. The second-order valence-corrected chi connectivity index (χ2v) is 7.49. The number of fused-ring (bicyclic) bond motifs is 1. The number of nitrogens with one attached hydrogen (secondary N) is 1. The number of piperazine rings is 1. The zero-order valence-electron chi connectivity index (χ0n) is 17.0. The molecule has 1 aliphatic rings. The van der Waals surface area contributed by atoms with Gasteiger partial charge in [-0.2, -0.15) is 0 Å². The van der Waals surface area contributed by atoms with Gasteiger partial charge in [-0.3, -0.25) is 4.90 Å². The van der Waals surface area contributed by atoms with Gasteiger partial charge < -0.3 is 15.3 Å². The summed E-state index contributed by atoms with van der Waals surface area (Å²) in [5.41, 5.74) is 1.68. The number of anilines is 3. The molecule has 2 N–H and O–H groups in total. The van der Waals surface area contributed by atoms with Crippen molar-refractivity contribution in [1.29, 1.82) is 0 Å². The SMILES string of the molecule is Oc1cccc(Nc2nc(CN3CCN(c4ncccn4)CC3)nc3ccccc23)c1. The lowest BCUT2D eigenvalue weighted by atomic mass is 10.2. The number of para-hydroxylation sites is 1. The van der Waals surface area contributed by atoms with Gasteiger partial charge in [0, 0.05) is 55.7 Å². The van der Waals surface area contributed by atoms with E-state index in [9.17, 15) is 5.11 Å². The normalized spacial score (nSPS) is 14.6. The van der Waals surface area contributed by atoms with Gasteiger partial charge in [0.1, 0.15) is 17.4 Å². The van der Waals surface area contributed by atoms with Crippen LogP contribution < -0.4 is 10.2 Å². The molecule has 0 aliphatic carbocycles. The fourth-order valence-electron chi connectivity index (χ4n) is 3.77. The van der Waals surface area contributed by atoms with Crippen LogP contribution in [-0.4, -0.2) is 56.1 Å². The van der Waals surface area contributed by atoms with E-state index in [4.69, 9.17) is 9.97 Å². The predicted octanol–water partition coefficient (Wildman–Crippen LogP) is 3.19. The van der Waals surface area contributed by atoms with Crippen LogP contribution in [0.5, 0.6) is 5.75 Å². The van der Waals surface area contributed by atoms with Gasteiger partial charge in [0.15, 0.2) is 0 Å². The van der Waals surface area contributed by atoms with Gasteiger partial charge in [0.2, 0.25) is 5.95 Å². The molecule has 0 radical (unpaired) electrons. The van der Waals surface area contributed by atoms with Crippen LogP contribution in [0.1, 0.15) is 5.82 Å². The number of benzene rings is 2. The maximum Gasteiger partial charge on any atom is 0.225 e. The Morgan fingerprint density at radius 1 is 0.871 bits per heavy atom. The Bertz CT molecular complexity index is 1180. The zero-order valence-corrected chi connectivity index (χ0v) is 17.0. The van der Waals surface area contributed by atoms with E-state index in [0.717, 1.165) is 60.4 Å². The van der Waals surface area contributed by atoms with Gasteiger partial charge in [-0.25, -0.2) is 19.9 Å². The minimum absolute atomic E-state index is 0.212. The Kier molecular flexibility index (Phi) is 5.28. The summed E-state index contributed by atoms with van der Waals surface area (Å²) in [6.07, 6.45) is 3.55. The minimum atomic E-state index is 0.212. The van der Waals surface area contributed by atoms with Crippen LogP contribution in [0.2, 0.25) is 0 Å².